The van der Waals surface area contributed by atoms with Gasteiger partial charge in [0.2, 0.25) is 0 Å². The molecule has 1 heterocycles. The Morgan fingerprint density at radius 3 is 2.89 bits per heavy atom. The molecule has 1 aromatic heterocycles. The van der Waals surface area contributed by atoms with Crippen molar-refractivity contribution in [1.29, 1.82) is 0 Å². The van der Waals surface area contributed by atoms with Crippen LogP contribution in [0.1, 0.15) is 64.2 Å². The quantitative estimate of drug-likeness (QED) is 0.838. The SMILES string of the molecule is CCCNC1CCCCC1n1ccnc1CCC. The van der Waals surface area contributed by atoms with Gasteiger partial charge in [0.25, 0.3) is 0 Å². The van der Waals surface area contributed by atoms with Crippen LogP contribution in [0.25, 0.3) is 0 Å². The van der Waals surface area contributed by atoms with E-state index in [0.717, 1.165) is 13.0 Å². The summed E-state index contributed by atoms with van der Waals surface area (Å²) in [6, 6.07) is 1.26. The molecule has 0 spiro atoms. The third kappa shape index (κ3) is 3.14. The molecule has 18 heavy (non-hydrogen) atoms. The summed E-state index contributed by atoms with van der Waals surface area (Å²) < 4.78 is 2.44. The summed E-state index contributed by atoms with van der Waals surface area (Å²) in [5.41, 5.74) is 0. The molecular weight excluding hydrogens is 222 g/mol. The van der Waals surface area contributed by atoms with Crippen LogP contribution in [0.4, 0.5) is 0 Å². The van der Waals surface area contributed by atoms with Crippen molar-refractivity contribution in [3.05, 3.63) is 18.2 Å². The molecule has 1 aromatic rings. The summed E-state index contributed by atoms with van der Waals surface area (Å²) in [4.78, 5) is 4.53. The van der Waals surface area contributed by atoms with Gasteiger partial charge in [-0.05, 0) is 32.2 Å². The molecule has 2 unspecified atom stereocenters. The highest BCUT2D eigenvalue weighted by Gasteiger charge is 2.26. The van der Waals surface area contributed by atoms with E-state index in [2.05, 4.69) is 34.9 Å². The van der Waals surface area contributed by atoms with Gasteiger partial charge in [0, 0.05) is 24.9 Å². The Balaban J connectivity index is 2.09. The molecule has 1 N–H and O–H groups in total. The van der Waals surface area contributed by atoms with Crippen molar-refractivity contribution in [2.24, 2.45) is 0 Å². The van der Waals surface area contributed by atoms with E-state index in [0.29, 0.717) is 12.1 Å². The Kier molecular flexibility index (Phi) is 5.24. The first-order chi connectivity index (χ1) is 8.86. The maximum Gasteiger partial charge on any atom is 0.108 e. The minimum absolute atomic E-state index is 0.620. The number of imidazole rings is 1. The molecule has 3 heteroatoms. The Labute approximate surface area is 111 Å². The summed E-state index contributed by atoms with van der Waals surface area (Å²) in [5.74, 6) is 1.27. The van der Waals surface area contributed by atoms with Crippen LogP contribution in [0.2, 0.25) is 0 Å². The van der Waals surface area contributed by atoms with Gasteiger partial charge in [-0.1, -0.05) is 26.7 Å². The van der Waals surface area contributed by atoms with Crippen molar-refractivity contribution in [2.45, 2.75) is 70.9 Å². The summed E-state index contributed by atoms with van der Waals surface area (Å²) in [6.45, 7) is 5.61. The molecule has 1 saturated carbocycles. The highest BCUT2D eigenvalue weighted by molar-refractivity contribution is 4.99. The van der Waals surface area contributed by atoms with Crippen LogP contribution >= 0.6 is 0 Å². The molecule has 0 saturated heterocycles. The van der Waals surface area contributed by atoms with E-state index >= 15 is 0 Å². The lowest BCUT2D eigenvalue weighted by molar-refractivity contribution is 0.258. The zero-order valence-corrected chi connectivity index (χ0v) is 11.9. The molecular formula is C15H27N3. The molecule has 2 rings (SSSR count). The fraction of sp³-hybridized carbons (Fsp3) is 0.800. The molecule has 0 aromatic carbocycles. The maximum atomic E-state index is 4.53. The molecule has 0 bridgehead atoms. The molecule has 1 fully saturated rings. The van der Waals surface area contributed by atoms with E-state index in [1.807, 2.05) is 6.20 Å². The van der Waals surface area contributed by atoms with Crippen molar-refractivity contribution in [2.75, 3.05) is 6.54 Å². The predicted molar refractivity (Wildman–Crippen MR) is 75.8 cm³/mol. The zero-order valence-electron chi connectivity index (χ0n) is 11.9. The number of hydrogen-bond acceptors (Lipinski definition) is 2. The van der Waals surface area contributed by atoms with Crippen LogP contribution in [0.5, 0.6) is 0 Å². The van der Waals surface area contributed by atoms with Crippen molar-refractivity contribution >= 4 is 0 Å². The van der Waals surface area contributed by atoms with Crippen LogP contribution in [-0.4, -0.2) is 22.1 Å². The van der Waals surface area contributed by atoms with Gasteiger partial charge in [-0.25, -0.2) is 4.98 Å². The van der Waals surface area contributed by atoms with E-state index in [4.69, 9.17) is 0 Å². The summed E-state index contributed by atoms with van der Waals surface area (Å²) in [5, 5.41) is 3.73. The van der Waals surface area contributed by atoms with Crippen molar-refractivity contribution in [3.63, 3.8) is 0 Å². The van der Waals surface area contributed by atoms with Gasteiger partial charge < -0.3 is 9.88 Å². The van der Waals surface area contributed by atoms with Gasteiger partial charge in [0.05, 0.1) is 6.04 Å². The third-order valence-corrected chi connectivity index (χ3v) is 3.97. The minimum Gasteiger partial charge on any atom is -0.330 e. The number of nitrogens with zero attached hydrogens (tertiary/aromatic N) is 2. The summed E-state index contributed by atoms with van der Waals surface area (Å²) >= 11 is 0. The van der Waals surface area contributed by atoms with Crippen LogP contribution < -0.4 is 5.32 Å². The Morgan fingerprint density at radius 1 is 1.28 bits per heavy atom. The molecule has 3 nitrogen and oxygen atoms in total. The van der Waals surface area contributed by atoms with Gasteiger partial charge in [-0.2, -0.15) is 0 Å². The Bertz CT molecular complexity index is 345. The number of rotatable bonds is 6. The molecule has 0 aliphatic heterocycles. The number of hydrogen-bond donors (Lipinski definition) is 1. The Morgan fingerprint density at radius 2 is 2.11 bits per heavy atom. The molecule has 1 aliphatic carbocycles. The third-order valence-electron chi connectivity index (χ3n) is 3.97. The van der Waals surface area contributed by atoms with Gasteiger partial charge in [-0.15, -0.1) is 0 Å². The lowest BCUT2D eigenvalue weighted by Crippen LogP contribution is -2.40. The molecule has 102 valence electrons. The van der Waals surface area contributed by atoms with Gasteiger partial charge in [0.15, 0.2) is 0 Å². The second-order valence-corrected chi connectivity index (χ2v) is 5.41. The van der Waals surface area contributed by atoms with Crippen molar-refractivity contribution < 1.29 is 0 Å². The van der Waals surface area contributed by atoms with Crippen LogP contribution in [0.15, 0.2) is 12.4 Å². The second kappa shape index (κ2) is 6.93. The Hall–Kier alpha value is -0.830. The lowest BCUT2D eigenvalue weighted by atomic mass is 9.90. The lowest BCUT2D eigenvalue weighted by Gasteiger charge is -2.34. The smallest absolute Gasteiger partial charge is 0.108 e. The zero-order chi connectivity index (χ0) is 12.8. The van der Waals surface area contributed by atoms with Crippen molar-refractivity contribution in [1.82, 2.24) is 14.9 Å². The van der Waals surface area contributed by atoms with E-state index in [1.165, 1.54) is 44.3 Å². The predicted octanol–water partition coefficient (Wildman–Crippen LogP) is 3.32. The first-order valence-electron chi connectivity index (χ1n) is 7.61. The van der Waals surface area contributed by atoms with Crippen LogP contribution in [0, 0.1) is 0 Å². The fourth-order valence-electron chi connectivity index (χ4n) is 3.08. The van der Waals surface area contributed by atoms with Crippen LogP contribution in [-0.2, 0) is 6.42 Å². The molecule has 2 atom stereocenters. The monoisotopic (exact) mass is 249 g/mol. The average Bonchev–Trinajstić information content (AvgIpc) is 2.85. The highest BCUT2D eigenvalue weighted by Crippen LogP contribution is 2.29. The largest absolute Gasteiger partial charge is 0.330 e. The van der Waals surface area contributed by atoms with Gasteiger partial charge >= 0.3 is 0 Å². The molecule has 1 aliphatic rings. The summed E-state index contributed by atoms with van der Waals surface area (Å²) in [7, 11) is 0. The number of nitrogens with one attached hydrogen (secondary N) is 1. The van der Waals surface area contributed by atoms with Gasteiger partial charge in [0.1, 0.15) is 5.82 Å². The van der Waals surface area contributed by atoms with Crippen molar-refractivity contribution in [3.8, 4) is 0 Å². The highest BCUT2D eigenvalue weighted by atomic mass is 15.1. The van der Waals surface area contributed by atoms with E-state index in [9.17, 15) is 0 Å². The van der Waals surface area contributed by atoms with Gasteiger partial charge in [-0.3, -0.25) is 0 Å². The van der Waals surface area contributed by atoms with Crippen LogP contribution in [0.3, 0.4) is 0 Å². The van der Waals surface area contributed by atoms with E-state index in [1.54, 1.807) is 0 Å². The standard InChI is InChI=1S/C15H27N3/c1-3-7-15-17-11-12-18(15)14-9-6-5-8-13(14)16-10-4-2/h11-14,16H,3-10H2,1-2H3. The minimum atomic E-state index is 0.620. The second-order valence-electron chi connectivity index (χ2n) is 5.41. The topological polar surface area (TPSA) is 29.9 Å². The maximum absolute atomic E-state index is 4.53. The average molecular weight is 249 g/mol. The first-order valence-corrected chi connectivity index (χ1v) is 7.61. The fourth-order valence-corrected chi connectivity index (χ4v) is 3.08. The summed E-state index contributed by atoms with van der Waals surface area (Å²) in [6.07, 6.45) is 13.0. The molecule has 0 radical (unpaired) electrons. The van der Waals surface area contributed by atoms with E-state index in [-0.39, 0.29) is 0 Å². The number of aryl methyl sites for hydroxylation is 1. The normalized spacial score (nSPS) is 24.3. The van der Waals surface area contributed by atoms with E-state index < -0.39 is 0 Å². The number of aromatic nitrogens is 2. The molecule has 0 amide bonds. The first kappa shape index (κ1) is 13.6.